The number of rotatable bonds is 7. The first kappa shape index (κ1) is 14.1. The summed E-state index contributed by atoms with van der Waals surface area (Å²) >= 11 is 0. The molecule has 1 heterocycles. The predicted octanol–water partition coefficient (Wildman–Crippen LogP) is -2.92. The molecule has 0 spiro atoms. The van der Waals surface area contributed by atoms with Crippen molar-refractivity contribution in [3.05, 3.63) is 24.5 Å². The molecule has 0 saturated heterocycles. The van der Waals surface area contributed by atoms with Crippen LogP contribution >= 0.6 is 0 Å². The average molecular weight is 253 g/mol. The normalized spacial score (nSPS) is 11.8. The Hall–Kier alpha value is -1.99. The van der Waals surface area contributed by atoms with Crippen LogP contribution in [0.25, 0.3) is 0 Å². The van der Waals surface area contributed by atoms with E-state index in [1.165, 1.54) is 11.5 Å². The number of carboxylic acid groups (broad SMARTS) is 1. The Bertz CT molecular complexity index is 397. The van der Waals surface area contributed by atoms with Crippen LogP contribution in [0.1, 0.15) is 6.42 Å². The number of pyridine rings is 1. The van der Waals surface area contributed by atoms with Gasteiger partial charge in [-0.3, -0.25) is 9.78 Å². The molecule has 0 radical (unpaired) electrons. The molecule has 7 nitrogen and oxygen atoms in total. The Balaban J connectivity index is 2.48. The van der Waals surface area contributed by atoms with E-state index in [2.05, 4.69) is 10.3 Å². The monoisotopic (exact) mass is 253 g/mol. The minimum absolute atomic E-state index is 0.159. The molecule has 98 valence electrons. The highest BCUT2D eigenvalue weighted by Crippen LogP contribution is 2.03. The van der Waals surface area contributed by atoms with Crippen LogP contribution in [0.15, 0.2) is 24.5 Å². The molecule has 7 heteroatoms. The van der Waals surface area contributed by atoms with Crippen LogP contribution in [-0.2, 0) is 9.59 Å². The number of carbonyl (C=O) groups excluding carboxylic acids is 2. The van der Waals surface area contributed by atoms with Gasteiger partial charge in [0.2, 0.25) is 5.91 Å². The molecular weight excluding hydrogens is 238 g/mol. The van der Waals surface area contributed by atoms with E-state index in [-0.39, 0.29) is 19.6 Å². The molecule has 0 saturated carbocycles. The second kappa shape index (κ2) is 7.36. The van der Waals surface area contributed by atoms with Gasteiger partial charge in [0.25, 0.3) is 0 Å². The lowest BCUT2D eigenvalue weighted by molar-refractivity contribution is -0.683. The summed E-state index contributed by atoms with van der Waals surface area (Å²) in [5.41, 5.74) is 0.502. The number of aliphatic hydroxyl groups excluding tert-OH is 1. The largest absolute Gasteiger partial charge is 0.544 e. The van der Waals surface area contributed by atoms with Gasteiger partial charge in [-0.1, -0.05) is 0 Å². The molecular formula is C11H15N3O4. The lowest BCUT2D eigenvalue weighted by atomic mass is 10.2. The van der Waals surface area contributed by atoms with E-state index in [9.17, 15) is 14.7 Å². The third-order valence-corrected chi connectivity index (χ3v) is 2.23. The fourth-order valence-corrected chi connectivity index (χ4v) is 1.39. The van der Waals surface area contributed by atoms with Crippen LogP contribution in [-0.4, -0.2) is 41.2 Å². The molecule has 0 fully saturated rings. The number of aromatic nitrogens is 1. The maximum Gasteiger partial charge on any atom is 0.230 e. The smallest absolute Gasteiger partial charge is 0.230 e. The highest BCUT2D eigenvalue weighted by atomic mass is 16.4. The number of carboxylic acids is 1. The first-order chi connectivity index (χ1) is 8.63. The highest BCUT2D eigenvalue weighted by Gasteiger charge is 2.17. The van der Waals surface area contributed by atoms with Gasteiger partial charge in [0.05, 0.1) is 37.4 Å². The summed E-state index contributed by atoms with van der Waals surface area (Å²) in [5.74, 6) is -1.77. The van der Waals surface area contributed by atoms with Gasteiger partial charge in [-0.15, -0.1) is 0 Å². The topological polar surface area (TPSA) is 119 Å². The number of anilines is 1. The molecule has 0 aliphatic carbocycles. The van der Waals surface area contributed by atoms with E-state index in [4.69, 9.17) is 5.11 Å². The quantitative estimate of drug-likeness (QED) is 0.481. The van der Waals surface area contributed by atoms with E-state index in [1.54, 1.807) is 18.3 Å². The van der Waals surface area contributed by atoms with E-state index >= 15 is 0 Å². The minimum atomic E-state index is -1.33. The van der Waals surface area contributed by atoms with Gasteiger partial charge in [0.1, 0.15) is 6.04 Å². The van der Waals surface area contributed by atoms with Crippen molar-refractivity contribution in [2.45, 2.75) is 12.5 Å². The molecule has 0 unspecified atom stereocenters. The minimum Gasteiger partial charge on any atom is -0.544 e. The Morgan fingerprint density at radius 1 is 1.56 bits per heavy atom. The fraction of sp³-hybridized carbons (Fsp3) is 0.364. The van der Waals surface area contributed by atoms with E-state index in [1.807, 2.05) is 0 Å². The van der Waals surface area contributed by atoms with Crippen molar-refractivity contribution in [1.82, 2.24) is 4.98 Å². The van der Waals surface area contributed by atoms with Gasteiger partial charge in [-0.2, -0.15) is 0 Å². The Morgan fingerprint density at radius 3 is 2.89 bits per heavy atom. The molecule has 0 bridgehead atoms. The number of nitrogens with two attached hydrogens (primary N) is 1. The molecule has 1 aromatic heterocycles. The average Bonchev–Trinajstić information content (AvgIpc) is 2.35. The summed E-state index contributed by atoms with van der Waals surface area (Å²) < 4.78 is 0. The van der Waals surface area contributed by atoms with Gasteiger partial charge in [-0.25, -0.2) is 0 Å². The maximum atomic E-state index is 11.6. The molecule has 0 aliphatic heterocycles. The molecule has 4 N–H and O–H groups in total. The summed E-state index contributed by atoms with van der Waals surface area (Å²) in [7, 11) is 0. The van der Waals surface area contributed by atoms with Gasteiger partial charge >= 0.3 is 0 Å². The number of amides is 1. The fourth-order valence-electron chi connectivity index (χ4n) is 1.39. The second-order valence-electron chi connectivity index (χ2n) is 3.67. The summed E-state index contributed by atoms with van der Waals surface area (Å²) in [6.45, 7) is 0.0484. The number of nitrogens with zero attached hydrogens (tertiary/aromatic N) is 1. The summed E-state index contributed by atoms with van der Waals surface area (Å²) in [4.78, 5) is 26.2. The van der Waals surface area contributed by atoms with Crippen LogP contribution in [0.5, 0.6) is 0 Å². The number of aliphatic carboxylic acids is 1. The standard InChI is InChI=1S/C11H15N3O4/c15-5-4-13-9(11(17)18)6-10(16)14-8-2-1-3-12-7-8/h1-3,7,9,13,15H,4-6H2,(H,14,16)(H,17,18)/t9-/m1/s1. The Morgan fingerprint density at radius 2 is 2.33 bits per heavy atom. The Labute approximate surface area is 104 Å². The van der Waals surface area contributed by atoms with Crippen molar-refractivity contribution in [1.29, 1.82) is 0 Å². The number of hydrogen-bond donors (Lipinski definition) is 3. The van der Waals surface area contributed by atoms with Gasteiger partial charge in [-0.05, 0) is 12.1 Å². The molecule has 1 aromatic rings. The third kappa shape index (κ3) is 4.89. The van der Waals surface area contributed by atoms with E-state index in [0.29, 0.717) is 5.69 Å². The van der Waals surface area contributed by atoms with Crippen LogP contribution in [0.3, 0.4) is 0 Å². The van der Waals surface area contributed by atoms with Crippen molar-refractivity contribution >= 4 is 17.6 Å². The Kier molecular flexibility index (Phi) is 5.75. The SMILES string of the molecule is O=C(C[C@@H]([NH2+]CCO)C(=O)[O-])Nc1cccnc1. The lowest BCUT2D eigenvalue weighted by Gasteiger charge is -2.15. The number of aliphatic hydroxyl groups is 1. The first-order valence-electron chi connectivity index (χ1n) is 5.48. The first-order valence-corrected chi connectivity index (χ1v) is 5.48. The number of nitrogens with one attached hydrogen (secondary N) is 1. The molecule has 0 aliphatic rings. The molecule has 1 atom stereocenters. The van der Waals surface area contributed by atoms with Crippen molar-refractivity contribution < 1.29 is 25.1 Å². The zero-order valence-electron chi connectivity index (χ0n) is 9.70. The van der Waals surface area contributed by atoms with Crippen molar-refractivity contribution in [3.63, 3.8) is 0 Å². The van der Waals surface area contributed by atoms with Crippen LogP contribution in [0.4, 0.5) is 5.69 Å². The molecule has 0 aromatic carbocycles. The van der Waals surface area contributed by atoms with Crippen molar-refractivity contribution in [2.75, 3.05) is 18.5 Å². The molecule has 18 heavy (non-hydrogen) atoms. The van der Waals surface area contributed by atoms with Crippen molar-refractivity contribution in [3.8, 4) is 0 Å². The summed E-state index contributed by atoms with van der Waals surface area (Å²) in [6, 6.07) is 2.30. The van der Waals surface area contributed by atoms with Crippen LogP contribution in [0.2, 0.25) is 0 Å². The van der Waals surface area contributed by atoms with E-state index < -0.39 is 17.9 Å². The highest BCUT2D eigenvalue weighted by molar-refractivity contribution is 5.93. The lowest BCUT2D eigenvalue weighted by Crippen LogP contribution is -2.94. The number of quaternary nitrogens is 1. The third-order valence-electron chi connectivity index (χ3n) is 2.23. The van der Waals surface area contributed by atoms with Crippen LogP contribution in [0, 0.1) is 0 Å². The molecule has 1 rings (SSSR count). The number of hydrogen-bond acceptors (Lipinski definition) is 5. The second-order valence-corrected chi connectivity index (χ2v) is 3.67. The zero-order valence-corrected chi connectivity index (χ0v) is 9.70. The van der Waals surface area contributed by atoms with Crippen molar-refractivity contribution in [2.24, 2.45) is 0 Å². The molecule has 1 amide bonds. The predicted molar refractivity (Wildman–Crippen MR) is 60.2 cm³/mol. The summed E-state index contributed by atoms with van der Waals surface area (Å²) in [5, 5.41) is 23.3. The summed E-state index contributed by atoms with van der Waals surface area (Å²) in [6.07, 6.45) is 2.80. The number of carbonyl (C=O) groups is 2. The van der Waals surface area contributed by atoms with Gasteiger partial charge in [0.15, 0.2) is 0 Å². The van der Waals surface area contributed by atoms with Gasteiger partial charge < -0.3 is 25.6 Å². The van der Waals surface area contributed by atoms with E-state index in [0.717, 1.165) is 0 Å². The van der Waals surface area contributed by atoms with Gasteiger partial charge in [0, 0.05) is 6.20 Å². The zero-order chi connectivity index (χ0) is 13.4. The maximum absolute atomic E-state index is 11.6. The van der Waals surface area contributed by atoms with Crippen LogP contribution < -0.4 is 15.7 Å².